The number of piperidine rings is 3. The monoisotopic (exact) mass is 480 g/mol. The van der Waals surface area contributed by atoms with Gasteiger partial charge in [0.25, 0.3) is 0 Å². The number of fused-ring (bicyclic) bond motifs is 1. The average molecular weight is 481 g/mol. The Bertz CT molecular complexity index is 732. The number of nitrogens with two attached hydrogens (primary N) is 4. The highest BCUT2D eigenvalue weighted by Crippen LogP contribution is 2.37. The summed E-state index contributed by atoms with van der Waals surface area (Å²) in [5.74, 6) is 3.73. The molecule has 8 N–H and O–H groups in total. The lowest BCUT2D eigenvalue weighted by molar-refractivity contribution is 0.201. The van der Waals surface area contributed by atoms with Crippen LogP contribution in [0.2, 0.25) is 0 Å². The van der Waals surface area contributed by atoms with Gasteiger partial charge in [-0.15, -0.1) is 12.4 Å². The zero-order valence-corrected chi connectivity index (χ0v) is 20.4. The molecule has 10 nitrogen and oxygen atoms in total. The molecule has 4 aliphatic rings. The number of hydrogen-bond acceptors (Lipinski definition) is 10. The van der Waals surface area contributed by atoms with E-state index in [1.54, 1.807) is 0 Å². The Hall–Kier alpha value is -1.46. The van der Waals surface area contributed by atoms with Crippen molar-refractivity contribution in [1.29, 1.82) is 0 Å². The third-order valence-electron chi connectivity index (χ3n) is 7.77. The van der Waals surface area contributed by atoms with Gasteiger partial charge in [-0.1, -0.05) is 19.3 Å². The highest BCUT2D eigenvalue weighted by Gasteiger charge is 2.34. The summed E-state index contributed by atoms with van der Waals surface area (Å²) in [6.07, 6.45) is 8.29. The molecule has 6 atom stereocenters. The maximum absolute atomic E-state index is 6.28. The van der Waals surface area contributed by atoms with Crippen molar-refractivity contribution in [3.05, 3.63) is 0 Å². The SMILES string of the molecule is Cl.N[C@@H]1C[C@H](N)CN(c2nc(N3CCC4CCCCC4C3)nc(N3C[C@H](N)C[C@H](N)C3)n2)C1. The van der Waals surface area contributed by atoms with Crippen LogP contribution in [-0.2, 0) is 0 Å². The predicted molar refractivity (Wildman–Crippen MR) is 135 cm³/mol. The van der Waals surface area contributed by atoms with Gasteiger partial charge in [0.15, 0.2) is 0 Å². The molecular weight excluding hydrogens is 440 g/mol. The normalized spacial score (nSPS) is 35.1. The number of anilines is 3. The molecule has 0 aromatic carbocycles. The minimum atomic E-state index is 0. The fourth-order valence-electron chi connectivity index (χ4n) is 6.23. The highest BCUT2D eigenvalue weighted by molar-refractivity contribution is 5.85. The lowest BCUT2D eigenvalue weighted by atomic mass is 9.75. The summed E-state index contributed by atoms with van der Waals surface area (Å²) in [6.45, 7) is 4.87. The molecular formula is C22H41ClN10. The first-order chi connectivity index (χ1) is 15.4. The summed E-state index contributed by atoms with van der Waals surface area (Å²) in [5, 5.41) is 0. The standard InChI is InChI=1S/C22H40N10.ClH/c23-16-7-17(24)11-31(10-16)21-27-20(30-6-5-14-3-1-2-4-15(14)9-30)28-22(29-21)32-12-18(25)8-19(26)13-32;/h14-19H,1-13,23-26H2;1H/t14?,15?,16-,17+,18-,19+;. The van der Waals surface area contributed by atoms with Gasteiger partial charge >= 0.3 is 0 Å². The smallest absolute Gasteiger partial charge is 0.232 e. The third kappa shape index (κ3) is 5.62. The molecule has 5 rings (SSSR count). The second-order valence-corrected chi connectivity index (χ2v) is 10.6. The minimum absolute atomic E-state index is 0. The molecule has 4 fully saturated rings. The topological polar surface area (TPSA) is 152 Å². The van der Waals surface area contributed by atoms with Crippen molar-refractivity contribution in [3.8, 4) is 0 Å². The summed E-state index contributed by atoms with van der Waals surface area (Å²) in [7, 11) is 0. The molecule has 3 saturated heterocycles. The molecule has 1 aliphatic carbocycles. The second kappa shape index (κ2) is 10.4. The Morgan fingerprint density at radius 3 is 1.45 bits per heavy atom. The Balaban J connectivity index is 0.00000259. The number of nitrogens with zero attached hydrogens (tertiary/aromatic N) is 6. The Morgan fingerprint density at radius 2 is 0.970 bits per heavy atom. The van der Waals surface area contributed by atoms with E-state index in [4.69, 9.17) is 37.9 Å². The van der Waals surface area contributed by atoms with E-state index in [0.29, 0.717) is 38.1 Å². The second-order valence-electron chi connectivity index (χ2n) is 10.6. The average Bonchev–Trinajstić information content (AvgIpc) is 2.77. The summed E-state index contributed by atoms with van der Waals surface area (Å²) in [5.41, 5.74) is 25.1. The van der Waals surface area contributed by atoms with Crippen molar-refractivity contribution in [1.82, 2.24) is 15.0 Å². The molecule has 186 valence electrons. The van der Waals surface area contributed by atoms with E-state index >= 15 is 0 Å². The zero-order valence-electron chi connectivity index (χ0n) is 19.6. The first-order valence-electron chi connectivity index (χ1n) is 12.5. The van der Waals surface area contributed by atoms with Crippen LogP contribution in [0.1, 0.15) is 44.9 Å². The molecule has 4 heterocycles. The van der Waals surface area contributed by atoms with E-state index < -0.39 is 0 Å². The molecule has 3 aliphatic heterocycles. The molecule has 1 aromatic rings. The summed E-state index contributed by atoms with van der Waals surface area (Å²) in [4.78, 5) is 21.4. The van der Waals surface area contributed by atoms with Crippen molar-refractivity contribution < 1.29 is 0 Å². The zero-order chi connectivity index (χ0) is 22.2. The number of rotatable bonds is 3. The van der Waals surface area contributed by atoms with E-state index in [0.717, 1.165) is 43.7 Å². The van der Waals surface area contributed by atoms with Crippen LogP contribution in [0.3, 0.4) is 0 Å². The lowest BCUT2D eigenvalue weighted by Crippen LogP contribution is -2.54. The Labute approximate surface area is 203 Å². The van der Waals surface area contributed by atoms with Gasteiger partial charge in [-0.2, -0.15) is 15.0 Å². The van der Waals surface area contributed by atoms with Crippen LogP contribution < -0.4 is 37.6 Å². The van der Waals surface area contributed by atoms with Gasteiger partial charge in [0.05, 0.1) is 0 Å². The maximum Gasteiger partial charge on any atom is 0.232 e. The lowest BCUT2D eigenvalue weighted by Gasteiger charge is -2.42. The number of aromatic nitrogens is 3. The fourth-order valence-corrected chi connectivity index (χ4v) is 6.23. The van der Waals surface area contributed by atoms with Crippen LogP contribution in [0.4, 0.5) is 17.8 Å². The highest BCUT2D eigenvalue weighted by atomic mass is 35.5. The molecule has 0 amide bonds. The van der Waals surface area contributed by atoms with Crippen LogP contribution in [0.25, 0.3) is 0 Å². The molecule has 11 heteroatoms. The molecule has 33 heavy (non-hydrogen) atoms. The van der Waals surface area contributed by atoms with E-state index in [9.17, 15) is 0 Å². The first-order valence-corrected chi connectivity index (χ1v) is 12.5. The maximum atomic E-state index is 6.28. The summed E-state index contributed by atoms with van der Waals surface area (Å²) in [6, 6.07) is 0.101. The van der Waals surface area contributed by atoms with Crippen LogP contribution in [0.15, 0.2) is 0 Å². The van der Waals surface area contributed by atoms with Crippen LogP contribution in [0.5, 0.6) is 0 Å². The van der Waals surface area contributed by atoms with E-state index in [1.807, 2.05) is 0 Å². The van der Waals surface area contributed by atoms with Crippen molar-refractivity contribution >= 4 is 30.3 Å². The first kappa shape index (κ1) is 24.7. The van der Waals surface area contributed by atoms with Crippen molar-refractivity contribution in [2.45, 2.75) is 69.1 Å². The van der Waals surface area contributed by atoms with Gasteiger partial charge in [-0.05, 0) is 37.5 Å². The van der Waals surface area contributed by atoms with Gasteiger partial charge < -0.3 is 37.6 Å². The van der Waals surface area contributed by atoms with Crippen LogP contribution >= 0.6 is 12.4 Å². The van der Waals surface area contributed by atoms with E-state index in [2.05, 4.69) is 14.7 Å². The van der Waals surface area contributed by atoms with E-state index in [1.165, 1.54) is 32.1 Å². The predicted octanol–water partition coefficient (Wildman–Crippen LogP) is 0.0393. The quantitative estimate of drug-likeness (QED) is 0.466. The summed E-state index contributed by atoms with van der Waals surface area (Å²) >= 11 is 0. The van der Waals surface area contributed by atoms with Gasteiger partial charge in [0.1, 0.15) is 0 Å². The minimum Gasteiger partial charge on any atom is -0.340 e. The van der Waals surface area contributed by atoms with Gasteiger partial charge in [0.2, 0.25) is 17.8 Å². The van der Waals surface area contributed by atoms with Crippen molar-refractivity contribution in [2.24, 2.45) is 34.8 Å². The fraction of sp³-hybridized carbons (Fsp3) is 0.864. The van der Waals surface area contributed by atoms with Crippen LogP contribution in [-0.4, -0.2) is 78.4 Å². The van der Waals surface area contributed by atoms with Gasteiger partial charge in [-0.3, -0.25) is 0 Å². The molecule has 1 saturated carbocycles. The molecule has 2 unspecified atom stereocenters. The third-order valence-corrected chi connectivity index (χ3v) is 7.77. The van der Waals surface area contributed by atoms with Gasteiger partial charge in [0, 0.05) is 63.4 Å². The Morgan fingerprint density at radius 1 is 0.545 bits per heavy atom. The van der Waals surface area contributed by atoms with E-state index in [-0.39, 0.29) is 36.6 Å². The number of halogens is 1. The van der Waals surface area contributed by atoms with Crippen molar-refractivity contribution in [3.63, 3.8) is 0 Å². The largest absolute Gasteiger partial charge is 0.340 e. The Kier molecular flexibility index (Phi) is 7.80. The molecule has 0 bridgehead atoms. The van der Waals surface area contributed by atoms with Crippen LogP contribution in [0, 0.1) is 11.8 Å². The van der Waals surface area contributed by atoms with Crippen molar-refractivity contribution in [2.75, 3.05) is 54.0 Å². The molecule has 0 spiro atoms. The number of hydrogen-bond donors (Lipinski definition) is 4. The van der Waals surface area contributed by atoms with Gasteiger partial charge in [-0.25, -0.2) is 0 Å². The summed E-state index contributed by atoms with van der Waals surface area (Å²) < 4.78 is 0. The molecule has 0 radical (unpaired) electrons. The molecule has 1 aromatic heterocycles.